The van der Waals surface area contributed by atoms with Crippen LogP contribution in [0.4, 0.5) is 0 Å². The molecule has 3 heteroatoms. The molecule has 5 atom stereocenters. The number of benzene rings is 2. The van der Waals surface area contributed by atoms with Gasteiger partial charge in [-0.1, -0.05) is 0 Å². The van der Waals surface area contributed by atoms with Crippen molar-refractivity contribution in [2.45, 2.75) is 62.3 Å². The van der Waals surface area contributed by atoms with Crippen LogP contribution in [0.5, 0.6) is 5.75 Å². The standard InChI is InChI=1S/C25H30O2Se/c1-24-13-11-21-20-10-8-18(26)15-17(20)7-9-22(21)23(24)12-14-25(24,27)16-28-19-5-3-2-4-6-19/h2-6,8,10,15,21-23,26-27H,7,9,11-14,16H2,1H3/t21-,22-,23+,24+,25-/m1/s1. The number of rotatable bonds is 3. The second-order valence-corrected chi connectivity index (χ2v) is 11.6. The molecule has 3 aliphatic carbocycles. The molecule has 0 saturated heterocycles. The molecule has 2 N–H and O–H groups in total. The number of aromatic hydroxyl groups is 1. The van der Waals surface area contributed by atoms with Crippen molar-refractivity contribution in [2.24, 2.45) is 17.3 Å². The molecule has 0 unspecified atom stereocenters. The molecule has 0 bridgehead atoms. The number of aliphatic hydroxyl groups is 1. The Morgan fingerprint density at radius 1 is 1.04 bits per heavy atom. The van der Waals surface area contributed by atoms with Crippen molar-refractivity contribution in [3.8, 4) is 5.75 Å². The van der Waals surface area contributed by atoms with Gasteiger partial charge in [-0.25, -0.2) is 0 Å². The van der Waals surface area contributed by atoms with Gasteiger partial charge in [-0.3, -0.25) is 0 Å². The maximum atomic E-state index is 11.8. The van der Waals surface area contributed by atoms with Gasteiger partial charge in [0.2, 0.25) is 0 Å². The molecular weight excluding hydrogens is 411 g/mol. The Hall–Kier alpha value is -1.28. The van der Waals surface area contributed by atoms with E-state index in [9.17, 15) is 10.2 Å². The van der Waals surface area contributed by atoms with Crippen molar-refractivity contribution in [1.29, 1.82) is 0 Å². The first-order valence-corrected chi connectivity index (χ1v) is 12.8. The van der Waals surface area contributed by atoms with E-state index >= 15 is 0 Å². The zero-order chi connectivity index (χ0) is 19.4. The molecule has 0 radical (unpaired) electrons. The molecule has 0 heterocycles. The van der Waals surface area contributed by atoms with Crippen LogP contribution < -0.4 is 4.46 Å². The number of phenols is 1. The summed E-state index contributed by atoms with van der Waals surface area (Å²) in [5, 5.41) is 22.6. The van der Waals surface area contributed by atoms with Gasteiger partial charge in [-0.15, -0.1) is 0 Å². The van der Waals surface area contributed by atoms with Crippen LogP contribution in [0.3, 0.4) is 0 Å². The van der Waals surface area contributed by atoms with Gasteiger partial charge < -0.3 is 0 Å². The van der Waals surface area contributed by atoms with Gasteiger partial charge in [0.25, 0.3) is 0 Å². The van der Waals surface area contributed by atoms with Crippen LogP contribution in [-0.4, -0.2) is 30.8 Å². The van der Waals surface area contributed by atoms with Crippen LogP contribution in [0.2, 0.25) is 5.32 Å². The van der Waals surface area contributed by atoms with Crippen molar-refractivity contribution in [2.75, 3.05) is 0 Å². The monoisotopic (exact) mass is 442 g/mol. The average Bonchev–Trinajstić information content (AvgIpc) is 2.98. The van der Waals surface area contributed by atoms with E-state index in [2.05, 4.69) is 43.3 Å². The molecule has 2 aromatic carbocycles. The first-order valence-electron chi connectivity index (χ1n) is 10.7. The molecule has 28 heavy (non-hydrogen) atoms. The minimum atomic E-state index is -0.506. The molecule has 2 fully saturated rings. The van der Waals surface area contributed by atoms with Gasteiger partial charge in [-0.05, 0) is 0 Å². The number of phenolic OH excluding ortho intramolecular Hbond substituents is 1. The number of hydrogen-bond donors (Lipinski definition) is 2. The van der Waals surface area contributed by atoms with Crippen molar-refractivity contribution >= 4 is 19.4 Å². The van der Waals surface area contributed by atoms with Crippen LogP contribution in [0, 0.1) is 17.3 Å². The summed E-state index contributed by atoms with van der Waals surface area (Å²) in [6.45, 7) is 2.40. The van der Waals surface area contributed by atoms with E-state index in [1.165, 1.54) is 34.9 Å². The Morgan fingerprint density at radius 3 is 2.68 bits per heavy atom. The van der Waals surface area contributed by atoms with Gasteiger partial charge in [-0.2, -0.15) is 0 Å². The topological polar surface area (TPSA) is 40.5 Å². The molecule has 0 spiro atoms. The van der Waals surface area contributed by atoms with E-state index in [1.807, 2.05) is 12.1 Å². The quantitative estimate of drug-likeness (QED) is 0.692. The van der Waals surface area contributed by atoms with E-state index < -0.39 is 5.60 Å². The second kappa shape index (κ2) is 6.90. The predicted octanol–water partition coefficient (Wildman–Crippen LogP) is 4.43. The second-order valence-electron chi connectivity index (χ2n) is 9.43. The Morgan fingerprint density at radius 2 is 1.86 bits per heavy atom. The van der Waals surface area contributed by atoms with E-state index in [-0.39, 0.29) is 5.41 Å². The molecule has 0 aliphatic heterocycles. The fraction of sp³-hybridized carbons (Fsp3) is 0.520. The van der Waals surface area contributed by atoms with Crippen molar-refractivity contribution in [3.05, 3.63) is 59.7 Å². The summed E-state index contributed by atoms with van der Waals surface area (Å²) in [5.41, 5.74) is 2.37. The Kier molecular flexibility index (Phi) is 4.62. The molecule has 2 aromatic rings. The summed E-state index contributed by atoms with van der Waals surface area (Å²) in [6.07, 6.45) is 6.72. The van der Waals surface area contributed by atoms with Crippen LogP contribution in [0.1, 0.15) is 56.1 Å². The molecule has 148 valence electrons. The predicted molar refractivity (Wildman–Crippen MR) is 114 cm³/mol. The van der Waals surface area contributed by atoms with Crippen LogP contribution in [-0.2, 0) is 6.42 Å². The molecule has 2 saturated carbocycles. The van der Waals surface area contributed by atoms with Gasteiger partial charge in [0.1, 0.15) is 0 Å². The summed E-state index contributed by atoms with van der Waals surface area (Å²) in [6, 6.07) is 16.7. The normalized spacial score (nSPS) is 36.4. The Labute approximate surface area is 174 Å². The fourth-order valence-corrected chi connectivity index (χ4v) is 9.21. The van der Waals surface area contributed by atoms with Crippen LogP contribution >= 0.6 is 0 Å². The fourth-order valence-electron chi connectivity index (χ4n) is 6.64. The molecule has 2 nitrogen and oxygen atoms in total. The molecule has 0 amide bonds. The van der Waals surface area contributed by atoms with Gasteiger partial charge in [0, 0.05) is 0 Å². The Bertz CT molecular complexity index is 866. The summed E-state index contributed by atoms with van der Waals surface area (Å²) >= 11 is 0.335. The summed E-state index contributed by atoms with van der Waals surface area (Å²) in [7, 11) is 0. The molecule has 5 rings (SSSR count). The van der Waals surface area contributed by atoms with E-state index in [1.54, 1.807) is 0 Å². The average molecular weight is 441 g/mol. The zero-order valence-electron chi connectivity index (χ0n) is 16.6. The van der Waals surface area contributed by atoms with Gasteiger partial charge in [0.15, 0.2) is 0 Å². The van der Waals surface area contributed by atoms with Crippen molar-refractivity contribution in [3.63, 3.8) is 0 Å². The first-order chi connectivity index (χ1) is 13.5. The third-order valence-electron chi connectivity index (χ3n) is 8.25. The first kappa shape index (κ1) is 18.7. The maximum absolute atomic E-state index is 11.8. The molecule has 3 aliphatic rings. The number of aryl methyl sites for hydroxylation is 1. The van der Waals surface area contributed by atoms with E-state index in [0.29, 0.717) is 38.5 Å². The van der Waals surface area contributed by atoms with Crippen molar-refractivity contribution in [1.82, 2.24) is 0 Å². The summed E-state index contributed by atoms with van der Waals surface area (Å²) in [4.78, 5) is 0. The Balaban J connectivity index is 1.39. The number of fused-ring (bicyclic) bond motifs is 5. The third-order valence-corrected chi connectivity index (χ3v) is 10.8. The van der Waals surface area contributed by atoms with E-state index in [4.69, 9.17) is 0 Å². The SMILES string of the molecule is C[C@]12CC[C@@H]3c4ccc(O)cc4CC[C@H]3[C@@H]1CC[C@@]2(O)C[Se]c1ccccc1. The van der Waals surface area contributed by atoms with E-state index in [0.717, 1.165) is 24.6 Å². The van der Waals surface area contributed by atoms with Crippen LogP contribution in [0.25, 0.3) is 0 Å². The molecular formula is C25H30O2Se. The molecule has 0 aromatic heterocycles. The number of hydrogen-bond acceptors (Lipinski definition) is 2. The van der Waals surface area contributed by atoms with Gasteiger partial charge in [0.05, 0.1) is 0 Å². The summed E-state index contributed by atoms with van der Waals surface area (Å²) in [5.74, 6) is 2.33. The third kappa shape index (κ3) is 2.86. The van der Waals surface area contributed by atoms with Gasteiger partial charge >= 0.3 is 175 Å². The minimum absolute atomic E-state index is 0.0547. The summed E-state index contributed by atoms with van der Waals surface area (Å²) < 4.78 is 1.40. The van der Waals surface area contributed by atoms with Crippen molar-refractivity contribution < 1.29 is 10.2 Å². The zero-order valence-corrected chi connectivity index (χ0v) is 18.3. The van der Waals surface area contributed by atoms with Crippen LogP contribution in [0.15, 0.2) is 48.5 Å².